The highest BCUT2D eigenvalue weighted by Gasteiger charge is 2.26. The van der Waals surface area contributed by atoms with E-state index in [0.717, 1.165) is 43.4 Å². The van der Waals surface area contributed by atoms with Crippen LogP contribution in [0.25, 0.3) is 11.3 Å². The molecule has 3 aromatic rings. The quantitative estimate of drug-likeness (QED) is 0.388. The van der Waals surface area contributed by atoms with Gasteiger partial charge in [0.05, 0.1) is 36.6 Å². The molecule has 2 aliphatic rings. The van der Waals surface area contributed by atoms with Crippen molar-refractivity contribution in [2.75, 3.05) is 38.2 Å². The summed E-state index contributed by atoms with van der Waals surface area (Å²) in [6.45, 7) is 11.2. The lowest BCUT2D eigenvalue weighted by Gasteiger charge is -2.34. The molecule has 9 heteroatoms. The summed E-state index contributed by atoms with van der Waals surface area (Å²) >= 11 is 0. The second-order valence-electron chi connectivity index (χ2n) is 11.0. The molecular weight excluding hydrogens is 500 g/mol. The molecule has 0 N–H and O–H groups in total. The Hall–Kier alpha value is -3.33. The summed E-state index contributed by atoms with van der Waals surface area (Å²) in [7, 11) is 2.15. The van der Waals surface area contributed by atoms with Gasteiger partial charge < -0.3 is 19.3 Å². The Morgan fingerprint density at radius 3 is 2.51 bits per heavy atom. The number of nitrogens with zero attached hydrogens (tertiary/aromatic N) is 5. The van der Waals surface area contributed by atoms with Crippen LogP contribution in [-0.2, 0) is 6.42 Å². The van der Waals surface area contributed by atoms with Crippen LogP contribution in [0, 0.1) is 11.6 Å². The molecule has 2 aliphatic heterocycles. The summed E-state index contributed by atoms with van der Waals surface area (Å²) in [6, 6.07) is 7.24. The number of anilines is 1. The number of aromatic nitrogens is 3. The predicted molar refractivity (Wildman–Crippen MR) is 148 cm³/mol. The molecule has 0 unspecified atom stereocenters. The molecule has 0 bridgehead atoms. The van der Waals surface area contributed by atoms with E-state index in [-0.39, 0.29) is 23.6 Å². The fraction of sp³-hybridized carbons (Fsp3) is 0.500. The molecule has 39 heavy (non-hydrogen) atoms. The molecule has 0 aliphatic carbocycles. The Labute approximate surface area is 229 Å². The van der Waals surface area contributed by atoms with Crippen LogP contribution < -0.4 is 14.4 Å². The number of rotatable bonds is 7. The molecule has 0 radical (unpaired) electrons. The van der Waals surface area contributed by atoms with Gasteiger partial charge in [-0.05, 0) is 84.8 Å². The maximum absolute atomic E-state index is 15.1. The number of fused-ring (bicyclic) bond motifs is 1. The van der Waals surface area contributed by atoms with E-state index in [9.17, 15) is 4.39 Å². The standard InChI is InChI=1S/C30H37F2N5O2/c1-18(2)37-12-13-38-29-24(31)14-21(15-26(29)37)28-25(32)17-33-27(35-28)16-22-6-7-23(30(34-22)39-19(3)4)20-8-10-36(5)11-9-20/h6-7,14-15,17-20H,8-13,16H2,1-5H3. The minimum absolute atomic E-state index is 0.0141. The summed E-state index contributed by atoms with van der Waals surface area (Å²) in [5.74, 6) is 0.495. The van der Waals surface area contributed by atoms with Gasteiger partial charge in [-0.25, -0.2) is 23.7 Å². The smallest absolute Gasteiger partial charge is 0.217 e. The van der Waals surface area contributed by atoms with Crippen LogP contribution in [0.5, 0.6) is 11.6 Å². The van der Waals surface area contributed by atoms with Crippen molar-refractivity contribution in [1.29, 1.82) is 0 Å². The van der Waals surface area contributed by atoms with Crippen molar-refractivity contribution in [2.24, 2.45) is 0 Å². The highest BCUT2D eigenvalue weighted by atomic mass is 19.1. The Kier molecular flexibility index (Phi) is 7.98. The predicted octanol–water partition coefficient (Wildman–Crippen LogP) is 5.61. The Morgan fingerprint density at radius 1 is 1.03 bits per heavy atom. The van der Waals surface area contributed by atoms with Crippen molar-refractivity contribution in [3.8, 4) is 22.9 Å². The summed E-state index contributed by atoms with van der Waals surface area (Å²) in [4.78, 5) is 18.0. The number of hydrogen-bond acceptors (Lipinski definition) is 7. The van der Waals surface area contributed by atoms with Crippen molar-refractivity contribution in [1.82, 2.24) is 19.9 Å². The van der Waals surface area contributed by atoms with Gasteiger partial charge in [0.15, 0.2) is 17.4 Å². The summed E-state index contributed by atoms with van der Waals surface area (Å²) in [6.07, 6.45) is 3.55. The molecule has 1 aromatic carbocycles. The van der Waals surface area contributed by atoms with Gasteiger partial charge >= 0.3 is 0 Å². The maximum atomic E-state index is 15.1. The van der Waals surface area contributed by atoms with E-state index in [1.807, 2.05) is 33.8 Å². The molecule has 0 spiro atoms. The Balaban J connectivity index is 1.45. The van der Waals surface area contributed by atoms with E-state index in [0.29, 0.717) is 48.4 Å². The molecule has 1 fully saturated rings. The zero-order chi connectivity index (χ0) is 27.7. The highest BCUT2D eigenvalue weighted by Crippen LogP contribution is 2.39. The van der Waals surface area contributed by atoms with Crippen molar-refractivity contribution in [3.05, 3.63) is 59.2 Å². The Morgan fingerprint density at radius 2 is 1.79 bits per heavy atom. The van der Waals surface area contributed by atoms with E-state index in [4.69, 9.17) is 14.5 Å². The van der Waals surface area contributed by atoms with Crippen LogP contribution in [0.4, 0.5) is 14.5 Å². The lowest BCUT2D eigenvalue weighted by Crippen LogP contribution is -2.38. The van der Waals surface area contributed by atoms with Gasteiger partial charge in [-0.2, -0.15) is 0 Å². The summed E-state index contributed by atoms with van der Waals surface area (Å²) in [5, 5.41) is 0. The second-order valence-corrected chi connectivity index (χ2v) is 11.0. The van der Waals surface area contributed by atoms with Gasteiger partial charge in [-0.15, -0.1) is 0 Å². The number of piperidine rings is 1. The molecular formula is C30H37F2N5O2. The largest absolute Gasteiger partial charge is 0.486 e. The highest BCUT2D eigenvalue weighted by molar-refractivity contribution is 5.72. The average molecular weight is 538 g/mol. The van der Waals surface area contributed by atoms with Gasteiger partial charge in [0.25, 0.3) is 0 Å². The normalized spacial score (nSPS) is 16.5. The third-order valence-corrected chi connectivity index (χ3v) is 7.40. The van der Waals surface area contributed by atoms with Gasteiger partial charge in [0, 0.05) is 17.2 Å². The maximum Gasteiger partial charge on any atom is 0.217 e. The second kappa shape index (κ2) is 11.4. The van der Waals surface area contributed by atoms with Crippen molar-refractivity contribution in [2.45, 2.75) is 65.0 Å². The van der Waals surface area contributed by atoms with E-state index >= 15 is 4.39 Å². The fourth-order valence-electron chi connectivity index (χ4n) is 5.36. The number of benzene rings is 1. The first-order chi connectivity index (χ1) is 18.7. The minimum Gasteiger partial charge on any atom is -0.486 e. The zero-order valence-corrected chi connectivity index (χ0v) is 23.4. The van der Waals surface area contributed by atoms with Crippen LogP contribution in [0.15, 0.2) is 30.5 Å². The number of hydrogen-bond donors (Lipinski definition) is 0. The SMILES string of the molecule is CC(C)Oc1nc(Cc2ncc(F)c(-c3cc(F)c4c(c3)N(C(C)C)CCO4)n2)ccc1C1CCN(C)CC1. The van der Waals surface area contributed by atoms with E-state index in [1.54, 1.807) is 6.07 Å². The van der Waals surface area contributed by atoms with Crippen LogP contribution in [0.3, 0.4) is 0 Å². The van der Waals surface area contributed by atoms with Gasteiger partial charge in [0.2, 0.25) is 5.88 Å². The van der Waals surface area contributed by atoms with Gasteiger partial charge in [-0.1, -0.05) is 6.07 Å². The summed E-state index contributed by atoms with van der Waals surface area (Å²) in [5.41, 5.74) is 2.86. The van der Waals surface area contributed by atoms with Gasteiger partial charge in [-0.3, -0.25) is 0 Å². The first-order valence-corrected chi connectivity index (χ1v) is 13.8. The van der Waals surface area contributed by atoms with Crippen molar-refractivity contribution >= 4 is 5.69 Å². The molecule has 7 nitrogen and oxygen atoms in total. The van der Waals surface area contributed by atoms with Crippen molar-refractivity contribution in [3.63, 3.8) is 0 Å². The minimum atomic E-state index is -0.611. The fourth-order valence-corrected chi connectivity index (χ4v) is 5.36. The van der Waals surface area contributed by atoms with Crippen LogP contribution in [0.1, 0.15) is 63.5 Å². The van der Waals surface area contributed by atoms with Crippen LogP contribution >= 0.6 is 0 Å². The van der Waals surface area contributed by atoms with E-state index in [2.05, 4.69) is 32.9 Å². The monoisotopic (exact) mass is 537 g/mol. The first kappa shape index (κ1) is 27.2. The van der Waals surface area contributed by atoms with Gasteiger partial charge in [0.1, 0.15) is 18.1 Å². The Bertz CT molecular complexity index is 1320. The average Bonchev–Trinajstić information content (AvgIpc) is 2.90. The third kappa shape index (κ3) is 5.98. The van der Waals surface area contributed by atoms with Crippen LogP contribution in [0.2, 0.25) is 0 Å². The molecule has 0 saturated carbocycles. The molecule has 5 rings (SSSR count). The summed E-state index contributed by atoms with van der Waals surface area (Å²) < 4.78 is 41.7. The number of halogens is 2. The van der Waals surface area contributed by atoms with Crippen LogP contribution in [-0.4, -0.2) is 65.3 Å². The van der Waals surface area contributed by atoms with E-state index in [1.165, 1.54) is 6.07 Å². The van der Waals surface area contributed by atoms with Crippen molar-refractivity contribution < 1.29 is 18.3 Å². The lowest BCUT2D eigenvalue weighted by atomic mass is 9.90. The molecule has 2 aromatic heterocycles. The number of pyridine rings is 1. The first-order valence-electron chi connectivity index (χ1n) is 13.8. The number of likely N-dealkylation sites (tertiary alicyclic amines) is 1. The topological polar surface area (TPSA) is 63.6 Å². The molecule has 0 amide bonds. The van der Waals surface area contributed by atoms with E-state index < -0.39 is 11.6 Å². The molecule has 208 valence electrons. The molecule has 4 heterocycles. The third-order valence-electron chi connectivity index (χ3n) is 7.40. The molecule has 0 atom stereocenters. The molecule has 1 saturated heterocycles. The zero-order valence-electron chi connectivity index (χ0n) is 23.4. The lowest BCUT2D eigenvalue weighted by molar-refractivity contribution is 0.218. The number of ether oxygens (including phenoxy) is 2.